The second-order valence-electron chi connectivity index (χ2n) is 6.22. The van der Waals surface area contributed by atoms with Crippen LogP contribution in [0.3, 0.4) is 0 Å². The maximum atomic E-state index is 12.2. The van der Waals surface area contributed by atoms with Crippen LogP contribution < -0.4 is 10.1 Å². The second-order valence-corrected chi connectivity index (χ2v) is 6.22. The summed E-state index contributed by atoms with van der Waals surface area (Å²) in [5.74, 6) is 1.24. The van der Waals surface area contributed by atoms with Crippen molar-refractivity contribution in [1.29, 1.82) is 0 Å². The first-order valence-corrected chi connectivity index (χ1v) is 8.07. The van der Waals surface area contributed by atoms with Crippen molar-refractivity contribution in [3.8, 4) is 11.6 Å². The fraction of sp³-hybridized carbons (Fsp3) is 0.368. The predicted octanol–water partition coefficient (Wildman–Crippen LogP) is 3.00. The van der Waals surface area contributed by atoms with Crippen LogP contribution in [0.5, 0.6) is 11.6 Å². The number of hydrogen-bond donors (Lipinski definition) is 1. The molecule has 1 atom stereocenters. The standard InChI is InChI=1S/C19H25N3O2/c1-14-8-5-6-10-17(14)24-19-16(9-7-11-20-19)12-21-18(23)15(2)13-22(3)4/h5-11,15H,12-13H2,1-4H3,(H,21,23)/t15-/m0/s1. The van der Waals surface area contributed by atoms with Crippen LogP contribution in [0.2, 0.25) is 0 Å². The molecule has 0 spiro atoms. The molecule has 5 heteroatoms. The lowest BCUT2D eigenvalue weighted by molar-refractivity contribution is -0.125. The average Bonchev–Trinajstić information content (AvgIpc) is 2.55. The normalized spacial score (nSPS) is 12.0. The maximum absolute atomic E-state index is 12.2. The van der Waals surface area contributed by atoms with Crippen LogP contribution in [0.25, 0.3) is 0 Å². The molecule has 0 bridgehead atoms. The first-order chi connectivity index (χ1) is 11.5. The van der Waals surface area contributed by atoms with Gasteiger partial charge in [-0.1, -0.05) is 31.2 Å². The third-order valence-electron chi connectivity index (χ3n) is 3.69. The van der Waals surface area contributed by atoms with Gasteiger partial charge in [0.25, 0.3) is 0 Å². The molecule has 0 fully saturated rings. The third kappa shape index (κ3) is 5.06. The summed E-state index contributed by atoms with van der Waals surface area (Å²) in [5, 5.41) is 2.96. The van der Waals surface area contributed by atoms with Gasteiger partial charge in [-0.05, 0) is 38.7 Å². The van der Waals surface area contributed by atoms with E-state index in [1.54, 1.807) is 6.20 Å². The minimum Gasteiger partial charge on any atom is -0.438 e. The van der Waals surface area contributed by atoms with Gasteiger partial charge < -0.3 is 15.0 Å². The number of hydrogen-bond acceptors (Lipinski definition) is 4. The van der Waals surface area contributed by atoms with Gasteiger partial charge in [0.05, 0.1) is 0 Å². The Morgan fingerprint density at radius 3 is 2.71 bits per heavy atom. The summed E-state index contributed by atoms with van der Waals surface area (Å²) in [4.78, 5) is 18.5. The summed E-state index contributed by atoms with van der Waals surface area (Å²) >= 11 is 0. The van der Waals surface area contributed by atoms with Crippen LogP contribution in [0.4, 0.5) is 0 Å². The first-order valence-electron chi connectivity index (χ1n) is 8.07. The van der Waals surface area contributed by atoms with Gasteiger partial charge in [-0.15, -0.1) is 0 Å². The molecule has 1 N–H and O–H groups in total. The number of carbonyl (C=O) groups excluding carboxylic acids is 1. The highest BCUT2D eigenvalue weighted by atomic mass is 16.5. The van der Waals surface area contributed by atoms with Gasteiger partial charge in [0.15, 0.2) is 0 Å². The van der Waals surface area contributed by atoms with E-state index in [0.29, 0.717) is 19.0 Å². The van der Waals surface area contributed by atoms with E-state index in [9.17, 15) is 4.79 Å². The number of amides is 1. The number of nitrogens with zero attached hydrogens (tertiary/aromatic N) is 2. The van der Waals surface area contributed by atoms with Crippen LogP contribution in [0.15, 0.2) is 42.6 Å². The number of pyridine rings is 1. The van der Waals surface area contributed by atoms with E-state index in [2.05, 4.69) is 10.3 Å². The lowest BCUT2D eigenvalue weighted by atomic mass is 10.1. The van der Waals surface area contributed by atoms with Crippen molar-refractivity contribution in [2.75, 3.05) is 20.6 Å². The number of aryl methyl sites for hydroxylation is 1. The Kier molecular flexibility index (Phi) is 6.32. The summed E-state index contributed by atoms with van der Waals surface area (Å²) in [6, 6.07) is 11.5. The molecule has 24 heavy (non-hydrogen) atoms. The smallest absolute Gasteiger partial charge is 0.224 e. The number of nitrogens with one attached hydrogen (secondary N) is 1. The Balaban J connectivity index is 2.04. The van der Waals surface area contributed by atoms with Crippen molar-refractivity contribution in [2.24, 2.45) is 5.92 Å². The molecule has 2 aromatic rings. The molecule has 0 unspecified atom stereocenters. The molecule has 0 aliphatic carbocycles. The number of para-hydroxylation sites is 1. The first kappa shape index (κ1) is 17.9. The lowest BCUT2D eigenvalue weighted by Gasteiger charge is -2.17. The van der Waals surface area contributed by atoms with Crippen molar-refractivity contribution in [1.82, 2.24) is 15.2 Å². The SMILES string of the molecule is Cc1ccccc1Oc1ncccc1CNC(=O)[C@@H](C)CN(C)C. The van der Waals surface area contributed by atoms with Crippen LogP contribution >= 0.6 is 0 Å². The quantitative estimate of drug-likeness (QED) is 0.849. The molecule has 1 heterocycles. The van der Waals surface area contributed by atoms with Gasteiger partial charge in [-0.3, -0.25) is 4.79 Å². The molecule has 1 amide bonds. The Labute approximate surface area is 143 Å². The Bertz CT molecular complexity index is 686. The highest BCUT2D eigenvalue weighted by molar-refractivity contribution is 5.78. The van der Waals surface area contributed by atoms with E-state index in [4.69, 9.17) is 4.74 Å². The Hall–Kier alpha value is -2.40. The molecule has 1 aromatic carbocycles. The summed E-state index contributed by atoms with van der Waals surface area (Å²) in [6.45, 7) is 5.02. The largest absolute Gasteiger partial charge is 0.438 e. The summed E-state index contributed by atoms with van der Waals surface area (Å²) in [6.07, 6.45) is 1.69. The maximum Gasteiger partial charge on any atom is 0.224 e. The molecular weight excluding hydrogens is 302 g/mol. The Morgan fingerprint density at radius 1 is 1.25 bits per heavy atom. The Morgan fingerprint density at radius 2 is 2.00 bits per heavy atom. The molecule has 1 aromatic heterocycles. The second kappa shape index (κ2) is 8.45. The molecular formula is C19H25N3O2. The van der Waals surface area contributed by atoms with Crippen molar-refractivity contribution in [3.05, 3.63) is 53.7 Å². The fourth-order valence-corrected chi connectivity index (χ4v) is 2.41. The van der Waals surface area contributed by atoms with Crippen molar-refractivity contribution in [2.45, 2.75) is 20.4 Å². The van der Waals surface area contributed by atoms with E-state index in [1.807, 2.05) is 69.2 Å². The zero-order valence-electron chi connectivity index (χ0n) is 14.7. The van der Waals surface area contributed by atoms with E-state index < -0.39 is 0 Å². The van der Waals surface area contributed by atoms with Crippen LogP contribution in [-0.4, -0.2) is 36.4 Å². The van der Waals surface area contributed by atoms with E-state index >= 15 is 0 Å². The molecule has 0 saturated carbocycles. The van der Waals surface area contributed by atoms with Crippen molar-refractivity contribution < 1.29 is 9.53 Å². The summed E-state index contributed by atoms with van der Waals surface area (Å²) in [5.41, 5.74) is 1.89. The molecule has 128 valence electrons. The van der Waals surface area contributed by atoms with Gasteiger partial charge in [-0.2, -0.15) is 0 Å². The topological polar surface area (TPSA) is 54.5 Å². The van der Waals surface area contributed by atoms with Crippen molar-refractivity contribution in [3.63, 3.8) is 0 Å². The monoisotopic (exact) mass is 327 g/mol. The number of ether oxygens (including phenoxy) is 1. The predicted molar refractivity (Wildman–Crippen MR) is 95.1 cm³/mol. The van der Waals surface area contributed by atoms with Gasteiger partial charge in [0.1, 0.15) is 5.75 Å². The molecule has 0 aliphatic heterocycles. The molecule has 5 nitrogen and oxygen atoms in total. The minimum absolute atomic E-state index is 0.0226. The number of benzene rings is 1. The van der Waals surface area contributed by atoms with Crippen LogP contribution in [0.1, 0.15) is 18.1 Å². The molecule has 0 radical (unpaired) electrons. The zero-order valence-corrected chi connectivity index (χ0v) is 14.7. The van der Waals surface area contributed by atoms with Gasteiger partial charge in [-0.25, -0.2) is 4.98 Å². The van der Waals surface area contributed by atoms with Gasteiger partial charge in [0.2, 0.25) is 11.8 Å². The number of aromatic nitrogens is 1. The molecule has 0 saturated heterocycles. The molecule has 0 aliphatic rings. The molecule has 2 rings (SSSR count). The van der Waals surface area contributed by atoms with Crippen molar-refractivity contribution >= 4 is 5.91 Å². The van der Waals surface area contributed by atoms with Crippen LogP contribution in [-0.2, 0) is 11.3 Å². The average molecular weight is 327 g/mol. The fourth-order valence-electron chi connectivity index (χ4n) is 2.41. The minimum atomic E-state index is -0.0718. The summed E-state index contributed by atoms with van der Waals surface area (Å²) in [7, 11) is 3.91. The third-order valence-corrected chi connectivity index (χ3v) is 3.69. The zero-order chi connectivity index (χ0) is 17.5. The van der Waals surface area contributed by atoms with Gasteiger partial charge >= 0.3 is 0 Å². The highest BCUT2D eigenvalue weighted by Gasteiger charge is 2.15. The van der Waals surface area contributed by atoms with E-state index in [1.165, 1.54) is 0 Å². The van der Waals surface area contributed by atoms with Crippen LogP contribution in [0, 0.1) is 12.8 Å². The summed E-state index contributed by atoms with van der Waals surface area (Å²) < 4.78 is 5.93. The lowest BCUT2D eigenvalue weighted by Crippen LogP contribution is -2.34. The van der Waals surface area contributed by atoms with E-state index in [0.717, 1.165) is 16.9 Å². The van der Waals surface area contributed by atoms with E-state index in [-0.39, 0.29) is 11.8 Å². The van der Waals surface area contributed by atoms with Gasteiger partial charge in [0, 0.05) is 30.8 Å². The highest BCUT2D eigenvalue weighted by Crippen LogP contribution is 2.25. The number of rotatable bonds is 7. The number of carbonyl (C=O) groups is 1.